The van der Waals surface area contributed by atoms with E-state index >= 15 is 0 Å². The number of carbonyl (C=O) groups excluding carboxylic acids is 1. The van der Waals surface area contributed by atoms with Gasteiger partial charge in [0.05, 0.1) is 12.7 Å². The molecule has 0 radical (unpaired) electrons. The van der Waals surface area contributed by atoms with E-state index in [0.29, 0.717) is 31.7 Å². The predicted octanol–water partition coefficient (Wildman–Crippen LogP) is 1.82. The fourth-order valence-corrected chi connectivity index (χ4v) is 2.43. The summed E-state index contributed by atoms with van der Waals surface area (Å²) in [6.45, 7) is 2.53. The van der Waals surface area contributed by atoms with Gasteiger partial charge in [-0.25, -0.2) is 4.79 Å². The van der Waals surface area contributed by atoms with Gasteiger partial charge >= 0.3 is 12.1 Å². The van der Waals surface area contributed by atoms with E-state index < -0.39 is 23.8 Å². The minimum Gasteiger partial charge on any atom is -0.468 e. The third-order valence-electron chi connectivity index (χ3n) is 3.47. The van der Waals surface area contributed by atoms with Crippen LogP contribution in [0, 0.1) is 0 Å². The van der Waals surface area contributed by atoms with Crippen molar-refractivity contribution in [3.63, 3.8) is 0 Å². The second kappa shape index (κ2) is 6.44. The van der Waals surface area contributed by atoms with Gasteiger partial charge in [0.25, 0.3) is 0 Å². The lowest BCUT2D eigenvalue weighted by atomic mass is 10.0. The summed E-state index contributed by atoms with van der Waals surface area (Å²) in [7, 11) is 1.24. The van der Waals surface area contributed by atoms with Gasteiger partial charge in [0.15, 0.2) is 0 Å². The molecule has 1 N–H and O–H groups in total. The number of hydrogen-bond donors (Lipinski definition) is 1. The fourth-order valence-electron chi connectivity index (χ4n) is 2.43. The largest absolute Gasteiger partial charge is 0.468 e. The maximum absolute atomic E-state index is 12.8. The summed E-state index contributed by atoms with van der Waals surface area (Å²) in [4.78, 5) is 13.8. The lowest BCUT2D eigenvalue weighted by molar-refractivity contribution is -0.148. The Morgan fingerprint density at radius 3 is 2.57 bits per heavy atom. The average Bonchev–Trinajstić information content (AvgIpc) is 2.48. The molecule has 0 amide bonds. The molecule has 1 aliphatic rings. The first-order chi connectivity index (χ1) is 9.93. The van der Waals surface area contributed by atoms with Crippen LogP contribution in [0.5, 0.6) is 0 Å². The van der Waals surface area contributed by atoms with Crippen LogP contribution in [0.25, 0.3) is 0 Å². The first-order valence-electron chi connectivity index (χ1n) is 6.63. The van der Waals surface area contributed by atoms with E-state index in [0.717, 1.165) is 12.1 Å². The highest BCUT2D eigenvalue weighted by Crippen LogP contribution is 2.32. The molecule has 21 heavy (non-hydrogen) atoms. The van der Waals surface area contributed by atoms with Crippen LogP contribution in [-0.4, -0.2) is 44.2 Å². The summed E-state index contributed by atoms with van der Waals surface area (Å²) in [5.74, 6) is -0.545. The number of methoxy groups -OCH3 is 1. The minimum atomic E-state index is -4.43. The first kappa shape index (κ1) is 15.8. The molecule has 1 saturated heterocycles. The second-order valence-corrected chi connectivity index (χ2v) is 4.83. The van der Waals surface area contributed by atoms with Gasteiger partial charge < -0.3 is 10.1 Å². The Bertz CT molecular complexity index is 499. The van der Waals surface area contributed by atoms with Gasteiger partial charge in [-0.3, -0.25) is 4.90 Å². The summed E-state index contributed by atoms with van der Waals surface area (Å²) >= 11 is 0. The molecular weight excluding hydrogens is 285 g/mol. The maximum atomic E-state index is 12.8. The number of hydrogen-bond acceptors (Lipinski definition) is 4. The Labute approximate surface area is 120 Å². The molecule has 4 nitrogen and oxygen atoms in total. The van der Waals surface area contributed by atoms with Crippen LogP contribution in [0.2, 0.25) is 0 Å². The molecule has 1 atom stereocenters. The summed E-state index contributed by atoms with van der Waals surface area (Å²) in [6.07, 6.45) is -4.43. The van der Waals surface area contributed by atoms with E-state index in [1.807, 2.05) is 4.90 Å². The van der Waals surface area contributed by atoms with E-state index in [1.54, 1.807) is 0 Å². The molecule has 1 aliphatic heterocycles. The molecule has 1 unspecified atom stereocenters. The Morgan fingerprint density at radius 2 is 2.00 bits per heavy atom. The van der Waals surface area contributed by atoms with E-state index in [4.69, 9.17) is 4.74 Å². The van der Waals surface area contributed by atoms with Crippen molar-refractivity contribution in [2.24, 2.45) is 0 Å². The molecule has 2 rings (SSSR count). The standard InChI is InChI=1S/C14H17F3N2O2/c1-21-13(20)12(19-7-5-18-6-8-19)10-3-2-4-11(9-10)14(15,16)17/h2-4,9,12,18H,5-8H2,1H3. The molecule has 116 valence electrons. The zero-order valence-corrected chi connectivity index (χ0v) is 11.6. The minimum absolute atomic E-state index is 0.304. The molecule has 0 aromatic heterocycles. The van der Waals surface area contributed by atoms with Crippen LogP contribution < -0.4 is 5.32 Å². The number of halogens is 3. The van der Waals surface area contributed by atoms with Crippen molar-refractivity contribution in [2.75, 3.05) is 33.3 Å². The van der Waals surface area contributed by atoms with Crippen LogP contribution in [0.15, 0.2) is 24.3 Å². The van der Waals surface area contributed by atoms with Crippen molar-refractivity contribution in [3.05, 3.63) is 35.4 Å². The summed E-state index contributed by atoms with van der Waals surface area (Å²) < 4.78 is 43.2. The molecule has 0 aliphatic carbocycles. The van der Waals surface area contributed by atoms with E-state index in [-0.39, 0.29) is 0 Å². The van der Waals surface area contributed by atoms with Crippen molar-refractivity contribution >= 4 is 5.97 Å². The third kappa shape index (κ3) is 3.74. The van der Waals surface area contributed by atoms with Crippen molar-refractivity contribution < 1.29 is 22.7 Å². The highest BCUT2D eigenvalue weighted by Gasteiger charge is 2.34. The topological polar surface area (TPSA) is 41.6 Å². The first-order valence-corrected chi connectivity index (χ1v) is 6.63. The number of nitrogens with zero attached hydrogens (tertiary/aromatic N) is 1. The van der Waals surface area contributed by atoms with E-state index in [2.05, 4.69) is 5.32 Å². The summed E-state index contributed by atoms with van der Waals surface area (Å²) in [5, 5.41) is 3.14. The number of carbonyl (C=O) groups is 1. The van der Waals surface area contributed by atoms with Gasteiger partial charge in [-0.1, -0.05) is 12.1 Å². The molecule has 1 heterocycles. The molecule has 1 aromatic carbocycles. The molecule has 7 heteroatoms. The highest BCUT2D eigenvalue weighted by atomic mass is 19.4. The smallest absolute Gasteiger partial charge is 0.416 e. The Kier molecular flexibility index (Phi) is 4.84. The van der Waals surface area contributed by atoms with E-state index in [9.17, 15) is 18.0 Å². The normalized spacial score (nSPS) is 18.3. The Morgan fingerprint density at radius 1 is 1.33 bits per heavy atom. The van der Waals surface area contributed by atoms with Crippen LogP contribution >= 0.6 is 0 Å². The van der Waals surface area contributed by atoms with Crippen LogP contribution in [0.4, 0.5) is 13.2 Å². The predicted molar refractivity (Wildman–Crippen MR) is 70.6 cm³/mol. The van der Waals surface area contributed by atoms with Gasteiger partial charge in [-0.15, -0.1) is 0 Å². The van der Waals surface area contributed by atoms with Gasteiger partial charge in [-0.2, -0.15) is 13.2 Å². The Balaban J connectivity index is 2.34. The number of nitrogens with one attached hydrogen (secondary N) is 1. The number of rotatable bonds is 3. The molecule has 0 spiro atoms. The van der Waals surface area contributed by atoms with Gasteiger partial charge in [-0.05, 0) is 17.7 Å². The quantitative estimate of drug-likeness (QED) is 0.865. The molecule has 0 bridgehead atoms. The second-order valence-electron chi connectivity index (χ2n) is 4.83. The average molecular weight is 302 g/mol. The Hall–Kier alpha value is -1.60. The number of piperazine rings is 1. The zero-order valence-electron chi connectivity index (χ0n) is 11.6. The molecular formula is C14H17F3N2O2. The van der Waals surface area contributed by atoms with Gasteiger partial charge in [0.1, 0.15) is 6.04 Å². The SMILES string of the molecule is COC(=O)C(c1cccc(C(F)(F)F)c1)N1CCNCC1. The maximum Gasteiger partial charge on any atom is 0.416 e. The number of benzene rings is 1. The lowest BCUT2D eigenvalue weighted by Gasteiger charge is -2.33. The highest BCUT2D eigenvalue weighted by molar-refractivity contribution is 5.77. The molecule has 0 saturated carbocycles. The van der Waals surface area contributed by atoms with Crippen LogP contribution in [0.1, 0.15) is 17.2 Å². The van der Waals surface area contributed by atoms with Crippen molar-refractivity contribution in [1.29, 1.82) is 0 Å². The summed E-state index contributed by atoms with van der Waals surface area (Å²) in [5.41, 5.74) is -0.456. The van der Waals surface area contributed by atoms with Crippen molar-refractivity contribution in [1.82, 2.24) is 10.2 Å². The van der Waals surface area contributed by atoms with Gasteiger partial charge in [0, 0.05) is 26.2 Å². The van der Waals surface area contributed by atoms with E-state index in [1.165, 1.54) is 19.2 Å². The third-order valence-corrected chi connectivity index (χ3v) is 3.47. The van der Waals surface area contributed by atoms with Crippen molar-refractivity contribution in [2.45, 2.75) is 12.2 Å². The van der Waals surface area contributed by atoms with Crippen LogP contribution in [0.3, 0.4) is 0 Å². The number of alkyl halides is 3. The zero-order chi connectivity index (χ0) is 15.5. The fraction of sp³-hybridized carbons (Fsp3) is 0.500. The number of esters is 1. The number of ether oxygens (including phenoxy) is 1. The van der Waals surface area contributed by atoms with Gasteiger partial charge in [0.2, 0.25) is 0 Å². The molecule has 1 fully saturated rings. The van der Waals surface area contributed by atoms with Crippen LogP contribution in [-0.2, 0) is 15.7 Å². The lowest BCUT2D eigenvalue weighted by Crippen LogP contribution is -2.47. The van der Waals surface area contributed by atoms with Crippen molar-refractivity contribution in [3.8, 4) is 0 Å². The molecule has 1 aromatic rings. The monoisotopic (exact) mass is 302 g/mol. The summed E-state index contributed by atoms with van der Waals surface area (Å²) in [6, 6.07) is 4.05.